The largest absolute Gasteiger partial charge is 0.383 e. The molecule has 20 heavy (non-hydrogen) atoms. The topological polar surface area (TPSA) is 121 Å². The van der Waals surface area contributed by atoms with Crippen molar-refractivity contribution in [2.45, 2.75) is 19.8 Å². The monoisotopic (exact) mass is 273 g/mol. The first kappa shape index (κ1) is 13.7. The number of nitrogens with zero attached hydrogens (tertiary/aromatic N) is 3. The third-order valence-electron chi connectivity index (χ3n) is 2.90. The Morgan fingerprint density at radius 3 is 2.25 bits per heavy atom. The Morgan fingerprint density at radius 1 is 1.15 bits per heavy atom. The van der Waals surface area contributed by atoms with Crippen molar-refractivity contribution < 1.29 is 4.92 Å². The van der Waals surface area contributed by atoms with E-state index in [9.17, 15) is 10.1 Å². The Kier molecular flexibility index (Phi) is 3.51. The number of nitro benzene ring substituents is 1. The van der Waals surface area contributed by atoms with Crippen LogP contribution in [0.25, 0.3) is 11.1 Å². The van der Waals surface area contributed by atoms with Crippen LogP contribution in [0, 0.1) is 10.1 Å². The lowest BCUT2D eigenvalue weighted by Crippen LogP contribution is -2.07. The zero-order valence-corrected chi connectivity index (χ0v) is 11.2. The van der Waals surface area contributed by atoms with Crippen LogP contribution < -0.4 is 11.5 Å². The SMILES string of the molecule is CC(C)c1nc(N)nc(N)c1-c1ccc([N+](=O)[O-])cc1. The first-order chi connectivity index (χ1) is 9.40. The lowest BCUT2D eigenvalue weighted by atomic mass is 9.98. The molecule has 1 aromatic heterocycles. The Balaban J connectivity index is 2.59. The van der Waals surface area contributed by atoms with Crippen LogP contribution in [-0.4, -0.2) is 14.9 Å². The van der Waals surface area contributed by atoms with Crippen molar-refractivity contribution in [2.24, 2.45) is 0 Å². The second kappa shape index (κ2) is 5.12. The van der Waals surface area contributed by atoms with Crippen LogP contribution >= 0.6 is 0 Å². The highest BCUT2D eigenvalue weighted by Crippen LogP contribution is 2.33. The van der Waals surface area contributed by atoms with Crippen LogP contribution in [0.2, 0.25) is 0 Å². The van der Waals surface area contributed by atoms with Gasteiger partial charge in [-0.25, -0.2) is 4.98 Å². The van der Waals surface area contributed by atoms with E-state index in [1.165, 1.54) is 12.1 Å². The standard InChI is InChI=1S/C13H15N5O2/c1-7(2)11-10(12(14)17-13(15)16-11)8-3-5-9(6-4-8)18(19)20/h3-7H,1-2H3,(H4,14,15,16,17). The van der Waals surface area contributed by atoms with Crippen molar-refractivity contribution in [3.05, 3.63) is 40.1 Å². The number of rotatable bonds is 3. The molecule has 2 rings (SSSR count). The van der Waals surface area contributed by atoms with Gasteiger partial charge in [0, 0.05) is 17.7 Å². The number of aromatic nitrogens is 2. The predicted octanol–water partition coefficient (Wildman–Crippen LogP) is 2.34. The van der Waals surface area contributed by atoms with E-state index >= 15 is 0 Å². The fraction of sp³-hybridized carbons (Fsp3) is 0.231. The summed E-state index contributed by atoms with van der Waals surface area (Å²) < 4.78 is 0. The second-order valence-electron chi connectivity index (χ2n) is 4.69. The first-order valence-corrected chi connectivity index (χ1v) is 6.08. The fourth-order valence-corrected chi connectivity index (χ4v) is 1.98. The Labute approximate surface area is 115 Å². The van der Waals surface area contributed by atoms with Gasteiger partial charge in [0.2, 0.25) is 5.95 Å². The Hall–Kier alpha value is -2.70. The van der Waals surface area contributed by atoms with E-state index in [-0.39, 0.29) is 23.4 Å². The number of benzene rings is 1. The summed E-state index contributed by atoms with van der Waals surface area (Å²) >= 11 is 0. The molecule has 0 amide bonds. The molecule has 0 saturated carbocycles. The van der Waals surface area contributed by atoms with Gasteiger partial charge >= 0.3 is 0 Å². The third-order valence-corrected chi connectivity index (χ3v) is 2.90. The maximum Gasteiger partial charge on any atom is 0.269 e. The van der Waals surface area contributed by atoms with E-state index in [2.05, 4.69) is 9.97 Å². The highest BCUT2D eigenvalue weighted by Gasteiger charge is 2.17. The van der Waals surface area contributed by atoms with E-state index in [0.717, 1.165) is 11.3 Å². The molecular formula is C13H15N5O2. The van der Waals surface area contributed by atoms with Crippen molar-refractivity contribution in [1.82, 2.24) is 9.97 Å². The summed E-state index contributed by atoms with van der Waals surface area (Å²) in [7, 11) is 0. The molecule has 1 aromatic carbocycles. The number of non-ortho nitro benzene ring substituents is 1. The molecule has 7 nitrogen and oxygen atoms in total. The van der Waals surface area contributed by atoms with Crippen LogP contribution in [0.1, 0.15) is 25.5 Å². The van der Waals surface area contributed by atoms with Gasteiger partial charge in [0.05, 0.1) is 10.6 Å². The Morgan fingerprint density at radius 2 is 1.75 bits per heavy atom. The number of nitrogens with two attached hydrogens (primary N) is 2. The number of nitrogen functional groups attached to an aromatic ring is 2. The molecule has 0 aliphatic heterocycles. The zero-order valence-electron chi connectivity index (χ0n) is 11.2. The molecule has 2 aromatic rings. The van der Waals surface area contributed by atoms with Gasteiger partial charge in [0.15, 0.2) is 0 Å². The van der Waals surface area contributed by atoms with Gasteiger partial charge in [-0.15, -0.1) is 0 Å². The number of anilines is 2. The van der Waals surface area contributed by atoms with Gasteiger partial charge in [-0.3, -0.25) is 10.1 Å². The summed E-state index contributed by atoms with van der Waals surface area (Å²) in [5.74, 6) is 0.500. The molecule has 104 valence electrons. The highest BCUT2D eigenvalue weighted by molar-refractivity contribution is 5.77. The molecule has 0 bridgehead atoms. The maximum atomic E-state index is 10.7. The molecule has 1 heterocycles. The van der Waals surface area contributed by atoms with Gasteiger partial charge in [-0.2, -0.15) is 4.98 Å². The van der Waals surface area contributed by atoms with Crippen molar-refractivity contribution >= 4 is 17.5 Å². The fourth-order valence-electron chi connectivity index (χ4n) is 1.98. The number of hydrogen-bond acceptors (Lipinski definition) is 6. The van der Waals surface area contributed by atoms with Crippen molar-refractivity contribution in [3.8, 4) is 11.1 Å². The highest BCUT2D eigenvalue weighted by atomic mass is 16.6. The van der Waals surface area contributed by atoms with E-state index in [1.807, 2.05) is 13.8 Å². The van der Waals surface area contributed by atoms with Crippen molar-refractivity contribution in [1.29, 1.82) is 0 Å². The molecule has 0 saturated heterocycles. The van der Waals surface area contributed by atoms with Crippen LogP contribution in [0.4, 0.5) is 17.5 Å². The van der Waals surface area contributed by atoms with Crippen LogP contribution in [0.15, 0.2) is 24.3 Å². The summed E-state index contributed by atoms with van der Waals surface area (Å²) in [5.41, 5.74) is 13.7. The van der Waals surface area contributed by atoms with Crippen LogP contribution in [0.5, 0.6) is 0 Å². The average molecular weight is 273 g/mol. The average Bonchev–Trinajstić information content (AvgIpc) is 2.37. The minimum Gasteiger partial charge on any atom is -0.383 e. The molecule has 7 heteroatoms. The number of hydrogen-bond donors (Lipinski definition) is 2. The van der Waals surface area contributed by atoms with Gasteiger partial charge in [0.1, 0.15) is 5.82 Å². The number of nitro groups is 1. The maximum absolute atomic E-state index is 10.7. The van der Waals surface area contributed by atoms with Gasteiger partial charge < -0.3 is 11.5 Å². The minimum atomic E-state index is -0.448. The summed E-state index contributed by atoms with van der Waals surface area (Å²) in [6, 6.07) is 6.12. The molecule has 0 atom stereocenters. The first-order valence-electron chi connectivity index (χ1n) is 6.08. The lowest BCUT2D eigenvalue weighted by Gasteiger charge is -2.14. The minimum absolute atomic E-state index is 0.0229. The lowest BCUT2D eigenvalue weighted by molar-refractivity contribution is -0.384. The summed E-state index contributed by atoms with van der Waals surface area (Å²) in [6.07, 6.45) is 0. The van der Waals surface area contributed by atoms with E-state index in [1.54, 1.807) is 12.1 Å². The van der Waals surface area contributed by atoms with Gasteiger partial charge in [-0.1, -0.05) is 13.8 Å². The molecule has 0 aliphatic carbocycles. The molecule has 0 radical (unpaired) electrons. The molecular weight excluding hydrogens is 258 g/mol. The van der Waals surface area contributed by atoms with Crippen LogP contribution in [0.3, 0.4) is 0 Å². The van der Waals surface area contributed by atoms with E-state index in [0.29, 0.717) is 5.56 Å². The van der Waals surface area contributed by atoms with E-state index in [4.69, 9.17) is 11.5 Å². The summed E-state index contributed by atoms with van der Waals surface area (Å²) in [4.78, 5) is 18.4. The molecule has 0 spiro atoms. The normalized spacial score (nSPS) is 10.8. The van der Waals surface area contributed by atoms with Crippen molar-refractivity contribution in [3.63, 3.8) is 0 Å². The molecule has 0 fully saturated rings. The second-order valence-corrected chi connectivity index (χ2v) is 4.69. The quantitative estimate of drug-likeness (QED) is 0.654. The van der Waals surface area contributed by atoms with Gasteiger partial charge in [-0.05, 0) is 23.6 Å². The molecule has 0 aliphatic rings. The molecule has 4 N–H and O–H groups in total. The zero-order chi connectivity index (χ0) is 14.9. The summed E-state index contributed by atoms with van der Waals surface area (Å²) in [5, 5.41) is 10.7. The Bertz CT molecular complexity index is 653. The summed E-state index contributed by atoms with van der Waals surface area (Å²) in [6.45, 7) is 3.94. The third kappa shape index (κ3) is 2.51. The van der Waals surface area contributed by atoms with E-state index < -0.39 is 4.92 Å². The van der Waals surface area contributed by atoms with Crippen molar-refractivity contribution in [2.75, 3.05) is 11.5 Å². The molecule has 0 unspecified atom stereocenters. The van der Waals surface area contributed by atoms with Crippen LogP contribution in [-0.2, 0) is 0 Å². The van der Waals surface area contributed by atoms with Gasteiger partial charge in [0.25, 0.3) is 5.69 Å². The smallest absolute Gasteiger partial charge is 0.269 e. The predicted molar refractivity (Wildman–Crippen MR) is 77.0 cm³/mol.